The summed E-state index contributed by atoms with van der Waals surface area (Å²) in [6.07, 6.45) is 1.01. The smallest absolute Gasteiger partial charge is 0.203 e. The molecule has 2 rings (SSSR count). The van der Waals surface area contributed by atoms with Crippen molar-refractivity contribution in [3.8, 4) is 5.69 Å². The first-order chi connectivity index (χ1) is 8.11. The maximum atomic E-state index is 6.11. The minimum Gasteiger partial charge on any atom is -0.203 e. The van der Waals surface area contributed by atoms with Crippen molar-refractivity contribution in [3.05, 3.63) is 40.9 Å². The molecule has 1 heterocycles. The molecule has 2 aromatic rings. The summed E-state index contributed by atoms with van der Waals surface area (Å²) in [7, 11) is 0. The third-order valence-electron chi connectivity index (χ3n) is 2.92. The van der Waals surface area contributed by atoms with E-state index in [2.05, 4.69) is 30.9 Å². The lowest BCUT2D eigenvalue weighted by atomic mass is 10.1. The van der Waals surface area contributed by atoms with Crippen molar-refractivity contribution in [1.82, 2.24) is 14.8 Å². The topological polar surface area (TPSA) is 30.7 Å². The Bertz CT molecular complexity index is 502. The SMILES string of the molecule is CC[C@H](C)c1nc(Cl)n(-c2ccc(C)cc2)n1. The molecular weight excluding hydrogens is 234 g/mol. The monoisotopic (exact) mass is 249 g/mol. The van der Waals surface area contributed by atoms with Gasteiger partial charge in [-0.05, 0) is 37.1 Å². The van der Waals surface area contributed by atoms with Crippen molar-refractivity contribution in [2.24, 2.45) is 0 Å². The van der Waals surface area contributed by atoms with Crippen LogP contribution in [0.15, 0.2) is 24.3 Å². The van der Waals surface area contributed by atoms with Gasteiger partial charge in [0.25, 0.3) is 0 Å². The van der Waals surface area contributed by atoms with E-state index in [-0.39, 0.29) is 0 Å². The molecular formula is C13H16ClN3. The summed E-state index contributed by atoms with van der Waals surface area (Å²) in [4.78, 5) is 4.30. The zero-order valence-corrected chi connectivity index (χ0v) is 11.1. The van der Waals surface area contributed by atoms with Gasteiger partial charge in [0.1, 0.15) is 0 Å². The van der Waals surface area contributed by atoms with E-state index in [1.807, 2.05) is 24.3 Å². The Hall–Kier alpha value is -1.35. The van der Waals surface area contributed by atoms with Gasteiger partial charge in [0.15, 0.2) is 5.82 Å². The van der Waals surface area contributed by atoms with Crippen molar-refractivity contribution >= 4 is 11.6 Å². The van der Waals surface area contributed by atoms with E-state index in [4.69, 9.17) is 11.6 Å². The van der Waals surface area contributed by atoms with Crippen LogP contribution in [-0.4, -0.2) is 14.8 Å². The fourth-order valence-electron chi connectivity index (χ4n) is 1.55. The van der Waals surface area contributed by atoms with Gasteiger partial charge in [-0.15, -0.1) is 5.10 Å². The molecule has 0 aliphatic heterocycles. The second-order valence-electron chi connectivity index (χ2n) is 4.30. The van der Waals surface area contributed by atoms with Gasteiger partial charge in [0.05, 0.1) is 5.69 Å². The molecule has 0 bridgehead atoms. The average Bonchev–Trinajstić information content (AvgIpc) is 2.71. The maximum absolute atomic E-state index is 6.11. The molecule has 0 saturated carbocycles. The lowest BCUT2D eigenvalue weighted by Crippen LogP contribution is -1.99. The Morgan fingerprint density at radius 1 is 1.29 bits per heavy atom. The average molecular weight is 250 g/mol. The molecule has 3 nitrogen and oxygen atoms in total. The number of aryl methyl sites for hydroxylation is 1. The number of halogens is 1. The lowest BCUT2D eigenvalue weighted by molar-refractivity contribution is 0.672. The molecule has 17 heavy (non-hydrogen) atoms. The normalized spacial score (nSPS) is 12.7. The summed E-state index contributed by atoms with van der Waals surface area (Å²) in [6, 6.07) is 8.07. The molecule has 0 N–H and O–H groups in total. The van der Waals surface area contributed by atoms with Gasteiger partial charge in [0, 0.05) is 5.92 Å². The summed E-state index contributed by atoms with van der Waals surface area (Å²) < 4.78 is 1.68. The van der Waals surface area contributed by atoms with Gasteiger partial charge in [-0.2, -0.15) is 0 Å². The van der Waals surface area contributed by atoms with E-state index in [0.717, 1.165) is 17.9 Å². The Labute approximate surface area is 106 Å². The molecule has 0 aliphatic rings. The van der Waals surface area contributed by atoms with E-state index in [0.29, 0.717) is 11.2 Å². The summed E-state index contributed by atoms with van der Waals surface area (Å²) in [6.45, 7) is 6.27. The molecule has 0 unspecified atom stereocenters. The first-order valence-corrected chi connectivity index (χ1v) is 6.19. The first kappa shape index (κ1) is 12.1. The van der Waals surface area contributed by atoms with Gasteiger partial charge >= 0.3 is 0 Å². The highest BCUT2D eigenvalue weighted by molar-refractivity contribution is 6.28. The molecule has 0 radical (unpaired) electrons. The molecule has 1 aromatic carbocycles. The van der Waals surface area contributed by atoms with Gasteiger partial charge in [-0.3, -0.25) is 0 Å². The van der Waals surface area contributed by atoms with Crippen LogP contribution in [0.4, 0.5) is 0 Å². The predicted octanol–water partition coefficient (Wildman–Crippen LogP) is 3.74. The quantitative estimate of drug-likeness (QED) is 0.830. The van der Waals surface area contributed by atoms with Crippen LogP contribution in [0.1, 0.15) is 37.6 Å². The summed E-state index contributed by atoms with van der Waals surface area (Å²) in [5.74, 6) is 1.14. The minimum absolute atomic E-state index is 0.333. The number of nitrogens with zero attached hydrogens (tertiary/aromatic N) is 3. The van der Waals surface area contributed by atoms with Crippen molar-refractivity contribution in [2.75, 3.05) is 0 Å². The van der Waals surface area contributed by atoms with Gasteiger partial charge in [-0.1, -0.05) is 31.5 Å². The highest BCUT2D eigenvalue weighted by Gasteiger charge is 2.13. The standard InChI is InChI=1S/C13H16ClN3/c1-4-10(3)12-15-13(14)17(16-12)11-7-5-9(2)6-8-11/h5-8,10H,4H2,1-3H3/t10-/m0/s1. The van der Waals surface area contributed by atoms with Gasteiger partial charge in [0.2, 0.25) is 5.28 Å². The molecule has 4 heteroatoms. The van der Waals surface area contributed by atoms with Crippen LogP contribution in [-0.2, 0) is 0 Å². The lowest BCUT2D eigenvalue weighted by Gasteiger charge is -2.03. The molecule has 0 fully saturated rings. The van der Waals surface area contributed by atoms with E-state index in [1.165, 1.54) is 5.56 Å². The van der Waals surface area contributed by atoms with Crippen LogP contribution in [0.5, 0.6) is 0 Å². The van der Waals surface area contributed by atoms with E-state index in [1.54, 1.807) is 4.68 Å². The Balaban J connectivity index is 2.39. The maximum Gasteiger partial charge on any atom is 0.225 e. The minimum atomic E-state index is 0.333. The highest BCUT2D eigenvalue weighted by Crippen LogP contribution is 2.20. The molecule has 1 atom stereocenters. The number of hydrogen-bond donors (Lipinski definition) is 0. The molecule has 90 valence electrons. The van der Waals surface area contributed by atoms with E-state index < -0.39 is 0 Å². The molecule has 0 aliphatic carbocycles. The summed E-state index contributed by atoms with van der Waals surface area (Å²) >= 11 is 6.11. The molecule has 0 saturated heterocycles. The van der Waals surface area contributed by atoms with Crippen LogP contribution in [0, 0.1) is 6.92 Å². The summed E-state index contributed by atoms with van der Waals surface area (Å²) in [5.41, 5.74) is 2.16. The van der Waals surface area contributed by atoms with Crippen molar-refractivity contribution < 1.29 is 0 Å². The second-order valence-corrected chi connectivity index (χ2v) is 4.63. The van der Waals surface area contributed by atoms with E-state index in [9.17, 15) is 0 Å². The van der Waals surface area contributed by atoms with Gasteiger partial charge in [-0.25, -0.2) is 9.67 Å². The predicted molar refractivity (Wildman–Crippen MR) is 69.8 cm³/mol. The third kappa shape index (κ3) is 2.50. The second kappa shape index (κ2) is 4.88. The largest absolute Gasteiger partial charge is 0.225 e. The number of rotatable bonds is 3. The zero-order valence-electron chi connectivity index (χ0n) is 10.3. The van der Waals surface area contributed by atoms with Crippen LogP contribution in [0.3, 0.4) is 0 Å². The molecule has 1 aromatic heterocycles. The highest BCUT2D eigenvalue weighted by atomic mass is 35.5. The van der Waals surface area contributed by atoms with Crippen LogP contribution in [0.2, 0.25) is 5.28 Å². The fraction of sp³-hybridized carbons (Fsp3) is 0.385. The fourth-order valence-corrected chi connectivity index (χ4v) is 1.77. The Morgan fingerprint density at radius 2 is 1.94 bits per heavy atom. The number of benzene rings is 1. The Kier molecular flexibility index (Phi) is 3.48. The van der Waals surface area contributed by atoms with Crippen LogP contribution < -0.4 is 0 Å². The van der Waals surface area contributed by atoms with Crippen LogP contribution >= 0.6 is 11.6 Å². The van der Waals surface area contributed by atoms with Crippen molar-refractivity contribution in [3.63, 3.8) is 0 Å². The zero-order chi connectivity index (χ0) is 12.4. The van der Waals surface area contributed by atoms with Crippen LogP contribution in [0.25, 0.3) is 5.69 Å². The first-order valence-electron chi connectivity index (χ1n) is 5.81. The number of hydrogen-bond acceptors (Lipinski definition) is 2. The molecule has 0 amide bonds. The number of aromatic nitrogens is 3. The van der Waals surface area contributed by atoms with E-state index >= 15 is 0 Å². The summed E-state index contributed by atoms with van der Waals surface area (Å²) in [5, 5.41) is 4.87. The third-order valence-corrected chi connectivity index (χ3v) is 3.16. The van der Waals surface area contributed by atoms with Crippen molar-refractivity contribution in [2.45, 2.75) is 33.1 Å². The molecule has 0 spiro atoms. The van der Waals surface area contributed by atoms with Gasteiger partial charge < -0.3 is 0 Å². The van der Waals surface area contributed by atoms with Crippen molar-refractivity contribution in [1.29, 1.82) is 0 Å². The Morgan fingerprint density at radius 3 is 2.53 bits per heavy atom.